The molecule has 1 aromatic heterocycles. The number of hydrogen-bond acceptors (Lipinski definition) is 4. The van der Waals surface area contributed by atoms with Crippen LogP contribution in [-0.4, -0.2) is 21.9 Å². The van der Waals surface area contributed by atoms with Crippen molar-refractivity contribution >= 4 is 33.5 Å². The maximum atomic E-state index is 4.73. The van der Waals surface area contributed by atoms with Crippen molar-refractivity contribution < 1.29 is 0 Å². The Bertz CT molecular complexity index is 616. The van der Waals surface area contributed by atoms with Crippen LogP contribution in [0.2, 0.25) is 0 Å². The summed E-state index contributed by atoms with van der Waals surface area (Å²) in [5.74, 6) is 1.66. The number of pyridine rings is 1. The van der Waals surface area contributed by atoms with Crippen LogP contribution in [0.3, 0.4) is 0 Å². The van der Waals surface area contributed by atoms with Gasteiger partial charge >= 0.3 is 0 Å². The summed E-state index contributed by atoms with van der Waals surface area (Å²) >= 11 is 1.79. The van der Waals surface area contributed by atoms with Gasteiger partial charge in [-0.3, -0.25) is 9.98 Å². The van der Waals surface area contributed by atoms with E-state index in [4.69, 9.17) is 4.99 Å². The molecule has 0 saturated carbocycles. The van der Waals surface area contributed by atoms with Gasteiger partial charge in [-0.25, -0.2) is 0 Å². The molecule has 1 aliphatic rings. The fraction of sp³-hybridized carbons (Fsp3) is 0.333. The predicted octanol–water partition coefficient (Wildman–Crippen LogP) is 3.77. The molecule has 3 nitrogen and oxygen atoms in total. The molecule has 2 aromatic rings. The molecule has 0 aliphatic carbocycles. The van der Waals surface area contributed by atoms with Crippen LogP contribution < -0.4 is 5.32 Å². The van der Waals surface area contributed by atoms with Crippen LogP contribution >= 0.6 is 11.8 Å². The second-order valence-electron chi connectivity index (χ2n) is 5.06. The Labute approximate surface area is 117 Å². The number of rotatable bonds is 2. The minimum absolute atomic E-state index is 0.426. The molecular formula is C15H17N3S. The standard InChI is InChI=1S/C15H17N3S/c1-10(2)13-9-19-15(18-13)17-12-7-3-5-11-6-4-8-16-14(11)12/h3-8,10,13H,9H2,1-2H3,(H,17,18)/t13-/m1/s1. The fourth-order valence-electron chi connectivity index (χ4n) is 2.12. The quantitative estimate of drug-likeness (QED) is 0.903. The number of nitrogens with zero attached hydrogens (tertiary/aromatic N) is 2. The number of thioether (sulfide) groups is 1. The third-order valence-electron chi connectivity index (χ3n) is 3.32. The maximum absolute atomic E-state index is 4.73. The van der Waals surface area contributed by atoms with Crippen molar-refractivity contribution in [3.8, 4) is 0 Å². The summed E-state index contributed by atoms with van der Waals surface area (Å²) in [6, 6.07) is 10.6. The SMILES string of the molecule is CC(C)[C@H]1CSC(Nc2cccc3cccnc23)=N1. The van der Waals surface area contributed by atoms with Crippen molar-refractivity contribution in [3.05, 3.63) is 36.5 Å². The summed E-state index contributed by atoms with van der Waals surface area (Å²) < 4.78 is 0. The maximum Gasteiger partial charge on any atom is 0.161 e. The smallest absolute Gasteiger partial charge is 0.161 e. The molecular weight excluding hydrogens is 254 g/mol. The Hall–Kier alpha value is -1.55. The minimum Gasteiger partial charge on any atom is -0.333 e. The van der Waals surface area contributed by atoms with Gasteiger partial charge in [-0.1, -0.05) is 43.8 Å². The van der Waals surface area contributed by atoms with E-state index in [-0.39, 0.29) is 0 Å². The van der Waals surface area contributed by atoms with Gasteiger partial charge in [0.2, 0.25) is 0 Å². The number of anilines is 1. The van der Waals surface area contributed by atoms with Gasteiger partial charge in [-0.05, 0) is 18.1 Å². The Morgan fingerprint density at radius 3 is 2.89 bits per heavy atom. The van der Waals surface area contributed by atoms with Crippen molar-refractivity contribution in [2.75, 3.05) is 11.1 Å². The second kappa shape index (κ2) is 5.21. The normalized spacial score (nSPS) is 18.9. The molecule has 0 radical (unpaired) electrons. The average Bonchev–Trinajstić information content (AvgIpc) is 2.88. The van der Waals surface area contributed by atoms with Gasteiger partial charge < -0.3 is 5.32 Å². The first-order valence-electron chi connectivity index (χ1n) is 6.55. The number of aliphatic imine (C=N–C) groups is 1. The first-order chi connectivity index (χ1) is 9.24. The van der Waals surface area contributed by atoms with Gasteiger partial charge in [0.1, 0.15) is 0 Å². The molecule has 0 unspecified atom stereocenters. The van der Waals surface area contributed by atoms with Crippen LogP contribution in [0.5, 0.6) is 0 Å². The number of amidine groups is 1. The van der Waals surface area contributed by atoms with Crippen LogP contribution in [-0.2, 0) is 0 Å². The predicted molar refractivity (Wildman–Crippen MR) is 83.9 cm³/mol. The zero-order chi connectivity index (χ0) is 13.2. The summed E-state index contributed by atoms with van der Waals surface area (Å²) in [6.07, 6.45) is 1.83. The van der Waals surface area contributed by atoms with E-state index in [1.54, 1.807) is 11.8 Å². The molecule has 0 amide bonds. The Morgan fingerprint density at radius 2 is 2.11 bits per heavy atom. The third-order valence-corrected chi connectivity index (χ3v) is 4.31. The van der Waals surface area contributed by atoms with Gasteiger partial charge in [0.15, 0.2) is 5.17 Å². The van der Waals surface area contributed by atoms with Crippen LogP contribution in [0.25, 0.3) is 10.9 Å². The molecule has 2 heterocycles. The molecule has 1 N–H and O–H groups in total. The number of nitrogens with one attached hydrogen (secondary N) is 1. The summed E-state index contributed by atoms with van der Waals surface area (Å²) in [5.41, 5.74) is 2.04. The summed E-state index contributed by atoms with van der Waals surface area (Å²) in [7, 11) is 0. The fourth-order valence-corrected chi connectivity index (χ4v) is 3.30. The molecule has 1 aromatic carbocycles. The number of benzene rings is 1. The molecule has 0 fully saturated rings. The topological polar surface area (TPSA) is 37.3 Å². The van der Waals surface area contributed by atoms with Crippen molar-refractivity contribution in [3.63, 3.8) is 0 Å². The molecule has 19 heavy (non-hydrogen) atoms. The molecule has 0 saturated heterocycles. The summed E-state index contributed by atoms with van der Waals surface area (Å²) in [4.78, 5) is 9.18. The minimum atomic E-state index is 0.426. The number of hydrogen-bond donors (Lipinski definition) is 1. The Morgan fingerprint density at radius 1 is 1.26 bits per heavy atom. The lowest BCUT2D eigenvalue weighted by molar-refractivity contribution is 0.543. The highest BCUT2D eigenvalue weighted by molar-refractivity contribution is 8.14. The van der Waals surface area contributed by atoms with E-state index < -0.39 is 0 Å². The van der Waals surface area contributed by atoms with Crippen molar-refractivity contribution in [1.82, 2.24) is 4.98 Å². The lowest BCUT2D eigenvalue weighted by Gasteiger charge is -2.08. The first kappa shape index (κ1) is 12.5. The van der Waals surface area contributed by atoms with E-state index >= 15 is 0 Å². The largest absolute Gasteiger partial charge is 0.333 e. The average molecular weight is 271 g/mol. The van der Waals surface area contributed by atoms with Gasteiger partial charge in [0.25, 0.3) is 0 Å². The number of para-hydroxylation sites is 1. The van der Waals surface area contributed by atoms with Crippen LogP contribution in [0, 0.1) is 5.92 Å². The summed E-state index contributed by atoms with van der Waals surface area (Å²) in [5, 5.41) is 5.58. The molecule has 4 heteroatoms. The lowest BCUT2D eigenvalue weighted by Crippen LogP contribution is -2.12. The Kier molecular flexibility index (Phi) is 3.42. The van der Waals surface area contributed by atoms with Gasteiger partial charge in [0, 0.05) is 17.3 Å². The van der Waals surface area contributed by atoms with E-state index in [2.05, 4.69) is 42.3 Å². The third kappa shape index (κ3) is 2.59. The molecule has 1 atom stereocenters. The lowest BCUT2D eigenvalue weighted by atomic mass is 10.1. The van der Waals surface area contributed by atoms with Crippen LogP contribution in [0.15, 0.2) is 41.5 Å². The van der Waals surface area contributed by atoms with E-state index in [0.717, 1.165) is 27.5 Å². The molecule has 3 rings (SSSR count). The first-order valence-corrected chi connectivity index (χ1v) is 7.54. The van der Waals surface area contributed by atoms with Crippen LogP contribution in [0.4, 0.5) is 5.69 Å². The molecule has 0 bridgehead atoms. The Balaban J connectivity index is 1.88. The monoisotopic (exact) mass is 271 g/mol. The van der Waals surface area contributed by atoms with E-state index in [0.29, 0.717) is 12.0 Å². The highest BCUT2D eigenvalue weighted by Crippen LogP contribution is 2.27. The number of fused-ring (bicyclic) bond motifs is 1. The van der Waals surface area contributed by atoms with Crippen molar-refractivity contribution in [2.45, 2.75) is 19.9 Å². The zero-order valence-corrected chi connectivity index (χ0v) is 11.9. The molecule has 98 valence electrons. The molecule has 1 aliphatic heterocycles. The van der Waals surface area contributed by atoms with E-state index in [9.17, 15) is 0 Å². The van der Waals surface area contributed by atoms with Crippen LogP contribution in [0.1, 0.15) is 13.8 Å². The second-order valence-corrected chi connectivity index (χ2v) is 6.07. The zero-order valence-electron chi connectivity index (χ0n) is 11.1. The van der Waals surface area contributed by atoms with E-state index in [1.807, 2.05) is 18.3 Å². The van der Waals surface area contributed by atoms with Gasteiger partial charge in [0.05, 0.1) is 17.2 Å². The summed E-state index contributed by atoms with van der Waals surface area (Å²) in [6.45, 7) is 4.44. The molecule has 0 spiro atoms. The van der Waals surface area contributed by atoms with Gasteiger partial charge in [-0.15, -0.1) is 0 Å². The highest BCUT2D eigenvalue weighted by atomic mass is 32.2. The van der Waals surface area contributed by atoms with Crippen molar-refractivity contribution in [1.29, 1.82) is 0 Å². The van der Waals surface area contributed by atoms with E-state index in [1.165, 1.54) is 0 Å². The number of aromatic nitrogens is 1. The highest BCUT2D eigenvalue weighted by Gasteiger charge is 2.21. The van der Waals surface area contributed by atoms with Crippen molar-refractivity contribution in [2.24, 2.45) is 10.9 Å². The van der Waals surface area contributed by atoms with Gasteiger partial charge in [-0.2, -0.15) is 0 Å².